The quantitative estimate of drug-likeness (QED) is 0.378. The Morgan fingerprint density at radius 3 is 2.15 bits per heavy atom. The zero-order chi connectivity index (χ0) is 24.1. The number of nitro benzene ring substituents is 1. The molecule has 3 aromatic carbocycles. The van der Waals surface area contributed by atoms with E-state index in [0.29, 0.717) is 23.6 Å². The lowest BCUT2D eigenvalue weighted by Gasteiger charge is -2.38. The molecule has 1 aliphatic rings. The first-order valence-electron chi connectivity index (χ1n) is 11.3. The number of piperazine rings is 1. The van der Waals surface area contributed by atoms with Crippen molar-refractivity contribution >= 4 is 22.7 Å². The number of aryl methyl sites for hydroxylation is 1. The van der Waals surface area contributed by atoms with E-state index < -0.39 is 4.92 Å². The van der Waals surface area contributed by atoms with Crippen LogP contribution in [0.3, 0.4) is 0 Å². The van der Waals surface area contributed by atoms with E-state index in [-0.39, 0.29) is 5.69 Å². The molecule has 8 nitrogen and oxygen atoms in total. The van der Waals surface area contributed by atoms with Crippen LogP contribution >= 0.6 is 0 Å². The highest BCUT2D eigenvalue weighted by Crippen LogP contribution is 2.35. The van der Waals surface area contributed by atoms with E-state index in [1.165, 1.54) is 37.2 Å². The summed E-state index contributed by atoms with van der Waals surface area (Å²) in [5.41, 5.74) is 5.21. The maximum atomic E-state index is 11.5. The number of nitrogens with zero attached hydrogens (tertiary/aromatic N) is 3. The summed E-state index contributed by atoms with van der Waals surface area (Å²) in [5.74, 6) is 0.801. The Balaban J connectivity index is 1.39. The molecule has 0 atom stereocenters. The fraction of sp³-hybridized carbons (Fsp3) is 0.308. The summed E-state index contributed by atoms with van der Waals surface area (Å²) in [6, 6.07) is 19.8. The second kappa shape index (κ2) is 10.3. The van der Waals surface area contributed by atoms with Crippen molar-refractivity contribution in [3.8, 4) is 11.5 Å². The van der Waals surface area contributed by atoms with Crippen LogP contribution in [0.4, 0.5) is 22.7 Å². The number of nitro groups is 1. The van der Waals surface area contributed by atoms with E-state index in [9.17, 15) is 10.1 Å². The third-order valence-electron chi connectivity index (χ3n) is 6.23. The molecule has 3 aromatic rings. The molecule has 0 saturated carbocycles. The highest BCUT2D eigenvalue weighted by molar-refractivity contribution is 5.59. The first-order valence-corrected chi connectivity index (χ1v) is 11.3. The van der Waals surface area contributed by atoms with Crippen molar-refractivity contribution < 1.29 is 14.4 Å². The van der Waals surface area contributed by atoms with Crippen LogP contribution in [0.1, 0.15) is 11.1 Å². The molecule has 0 amide bonds. The molecular formula is C26H30N4O4. The standard InChI is InChI=1S/C26H30N4O4/c1-19-6-4-5-7-23(19)29-14-12-28(13-15-29)22-10-8-21(9-11-22)27-18-20-16-25(33-2)26(34-3)17-24(20)30(31)32/h4-11,16-17,27H,12-15,18H2,1-3H3. The van der Waals surface area contributed by atoms with Crippen LogP contribution in [0.2, 0.25) is 0 Å². The van der Waals surface area contributed by atoms with Crippen LogP contribution in [0.5, 0.6) is 11.5 Å². The summed E-state index contributed by atoms with van der Waals surface area (Å²) < 4.78 is 10.5. The van der Waals surface area contributed by atoms with Gasteiger partial charge in [0.25, 0.3) is 5.69 Å². The number of ether oxygens (including phenoxy) is 2. The molecule has 0 radical (unpaired) electrons. The normalized spacial score (nSPS) is 13.5. The first kappa shape index (κ1) is 23.2. The Hall–Kier alpha value is -3.94. The van der Waals surface area contributed by atoms with Crippen LogP contribution in [0.25, 0.3) is 0 Å². The SMILES string of the molecule is COc1cc(CNc2ccc(N3CCN(c4ccccc4C)CC3)cc2)c([N+](=O)[O-])cc1OC. The Kier molecular flexibility index (Phi) is 7.06. The van der Waals surface area contributed by atoms with E-state index in [0.717, 1.165) is 31.9 Å². The molecule has 1 N–H and O–H groups in total. The Labute approximate surface area is 199 Å². The van der Waals surface area contributed by atoms with Gasteiger partial charge in [0.2, 0.25) is 0 Å². The second-order valence-corrected chi connectivity index (χ2v) is 8.25. The summed E-state index contributed by atoms with van der Waals surface area (Å²) in [6.07, 6.45) is 0. The number of anilines is 3. The van der Waals surface area contributed by atoms with E-state index in [2.05, 4.69) is 58.4 Å². The largest absolute Gasteiger partial charge is 0.493 e. The van der Waals surface area contributed by atoms with Gasteiger partial charge in [0.15, 0.2) is 11.5 Å². The zero-order valence-electron chi connectivity index (χ0n) is 19.8. The summed E-state index contributed by atoms with van der Waals surface area (Å²) in [5, 5.41) is 14.8. The van der Waals surface area contributed by atoms with Crippen LogP contribution in [-0.2, 0) is 6.54 Å². The lowest BCUT2D eigenvalue weighted by Crippen LogP contribution is -2.46. The molecule has 0 bridgehead atoms. The molecule has 0 aromatic heterocycles. The molecule has 1 fully saturated rings. The molecule has 4 rings (SSSR count). The third-order valence-corrected chi connectivity index (χ3v) is 6.23. The molecule has 34 heavy (non-hydrogen) atoms. The average molecular weight is 463 g/mol. The van der Waals surface area contributed by atoms with Gasteiger partial charge in [-0.05, 0) is 48.9 Å². The Morgan fingerprint density at radius 2 is 1.53 bits per heavy atom. The Morgan fingerprint density at radius 1 is 0.912 bits per heavy atom. The molecule has 178 valence electrons. The van der Waals surface area contributed by atoms with Crippen molar-refractivity contribution in [3.63, 3.8) is 0 Å². The number of hydrogen-bond donors (Lipinski definition) is 1. The molecule has 0 aliphatic carbocycles. The first-order chi connectivity index (χ1) is 16.5. The fourth-order valence-electron chi connectivity index (χ4n) is 4.33. The number of benzene rings is 3. The molecule has 0 spiro atoms. The maximum Gasteiger partial charge on any atom is 0.278 e. The van der Waals surface area contributed by atoms with E-state index in [4.69, 9.17) is 9.47 Å². The predicted octanol–water partition coefficient (Wildman–Crippen LogP) is 4.86. The molecule has 8 heteroatoms. The van der Waals surface area contributed by atoms with Gasteiger partial charge in [-0.1, -0.05) is 18.2 Å². The van der Waals surface area contributed by atoms with E-state index >= 15 is 0 Å². The smallest absolute Gasteiger partial charge is 0.278 e. The lowest BCUT2D eigenvalue weighted by atomic mass is 10.1. The van der Waals surface area contributed by atoms with Gasteiger partial charge in [-0.15, -0.1) is 0 Å². The van der Waals surface area contributed by atoms with E-state index in [1.54, 1.807) is 6.07 Å². The van der Waals surface area contributed by atoms with Crippen molar-refractivity contribution in [2.45, 2.75) is 13.5 Å². The van der Waals surface area contributed by atoms with Gasteiger partial charge in [-0.25, -0.2) is 0 Å². The third kappa shape index (κ3) is 5.01. The van der Waals surface area contributed by atoms with E-state index in [1.807, 2.05) is 12.1 Å². The van der Waals surface area contributed by atoms with Gasteiger partial charge in [0, 0.05) is 49.8 Å². The number of methoxy groups -OCH3 is 2. The minimum absolute atomic E-state index is 0.00621. The van der Waals surface area contributed by atoms with Gasteiger partial charge in [-0.2, -0.15) is 0 Å². The minimum atomic E-state index is -0.404. The van der Waals surface area contributed by atoms with Crippen LogP contribution in [0.15, 0.2) is 60.7 Å². The molecule has 1 saturated heterocycles. The number of hydrogen-bond acceptors (Lipinski definition) is 7. The van der Waals surface area contributed by atoms with Crippen LogP contribution in [0, 0.1) is 17.0 Å². The van der Waals surface area contributed by atoms with Gasteiger partial charge >= 0.3 is 0 Å². The average Bonchev–Trinajstić information content (AvgIpc) is 2.87. The summed E-state index contributed by atoms with van der Waals surface area (Å²) in [6.45, 7) is 6.33. The molecule has 1 heterocycles. The summed E-state index contributed by atoms with van der Waals surface area (Å²) in [4.78, 5) is 16.0. The van der Waals surface area contributed by atoms with Gasteiger partial charge in [0.1, 0.15) is 0 Å². The van der Waals surface area contributed by atoms with Crippen molar-refractivity contribution in [2.75, 3.05) is 55.5 Å². The predicted molar refractivity (Wildman–Crippen MR) is 136 cm³/mol. The number of para-hydroxylation sites is 1. The fourth-order valence-corrected chi connectivity index (χ4v) is 4.33. The van der Waals surface area contributed by atoms with Crippen molar-refractivity contribution in [1.82, 2.24) is 0 Å². The minimum Gasteiger partial charge on any atom is -0.493 e. The van der Waals surface area contributed by atoms with Gasteiger partial charge < -0.3 is 24.6 Å². The van der Waals surface area contributed by atoms with Gasteiger partial charge in [-0.3, -0.25) is 10.1 Å². The highest BCUT2D eigenvalue weighted by Gasteiger charge is 2.20. The summed E-state index contributed by atoms with van der Waals surface area (Å²) in [7, 11) is 2.98. The summed E-state index contributed by atoms with van der Waals surface area (Å²) >= 11 is 0. The number of nitrogens with one attached hydrogen (secondary N) is 1. The second-order valence-electron chi connectivity index (χ2n) is 8.25. The molecular weight excluding hydrogens is 432 g/mol. The Bertz CT molecular complexity index is 1140. The monoisotopic (exact) mass is 462 g/mol. The zero-order valence-corrected chi connectivity index (χ0v) is 19.8. The molecule has 1 aliphatic heterocycles. The number of rotatable bonds is 8. The van der Waals surface area contributed by atoms with Gasteiger partial charge in [0.05, 0.1) is 30.8 Å². The highest BCUT2D eigenvalue weighted by atomic mass is 16.6. The van der Waals surface area contributed by atoms with Crippen molar-refractivity contribution in [2.24, 2.45) is 0 Å². The topological polar surface area (TPSA) is 80.1 Å². The van der Waals surface area contributed by atoms with Crippen molar-refractivity contribution in [1.29, 1.82) is 0 Å². The van der Waals surface area contributed by atoms with Crippen LogP contribution < -0.4 is 24.6 Å². The lowest BCUT2D eigenvalue weighted by molar-refractivity contribution is -0.385. The van der Waals surface area contributed by atoms with Crippen LogP contribution in [-0.4, -0.2) is 45.3 Å². The molecule has 0 unspecified atom stereocenters. The van der Waals surface area contributed by atoms with Crippen molar-refractivity contribution in [3.05, 3.63) is 81.9 Å². The maximum absolute atomic E-state index is 11.5.